The van der Waals surface area contributed by atoms with Gasteiger partial charge in [-0.05, 0) is 92.2 Å². The molecule has 2 aromatic carbocycles. The molecule has 188 valence electrons. The Morgan fingerprint density at radius 1 is 0.972 bits per heavy atom. The van der Waals surface area contributed by atoms with Gasteiger partial charge in [0.1, 0.15) is 11.6 Å². The zero-order valence-corrected chi connectivity index (χ0v) is 20.1. The van der Waals surface area contributed by atoms with Gasteiger partial charge < -0.3 is 5.73 Å². The highest BCUT2D eigenvalue weighted by Gasteiger charge is 2.44. The second-order valence-corrected chi connectivity index (χ2v) is 9.89. The molecule has 8 heteroatoms. The Labute approximate surface area is 209 Å². The van der Waals surface area contributed by atoms with E-state index in [0.717, 1.165) is 41.7 Å². The van der Waals surface area contributed by atoms with Gasteiger partial charge >= 0.3 is 0 Å². The minimum Gasteiger partial charge on any atom is -0.369 e. The Balaban J connectivity index is 1.42. The average Bonchev–Trinajstić information content (AvgIpc) is 3.27. The van der Waals surface area contributed by atoms with E-state index in [1.165, 1.54) is 24.3 Å². The molecule has 36 heavy (non-hydrogen) atoms. The predicted molar refractivity (Wildman–Crippen MR) is 133 cm³/mol. The topological polar surface area (TPSA) is 79.0 Å². The summed E-state index contributed by atoms with van der Waals surface area (Å²) in [6.45, 7) is 1.46. The number of carbonyl (C=O) groups is 2. The van der Waals surface area contributed by atoms with E-state index in [1.807, 2.05) is 11.0 Å². The lowest BCUT2D eigenvalue weighted by Crippen LogP contribution is -2.44. The Morgan fingerprint density at radius 3 is 2.25 bits per heavy atom. The predicted octanol–water partition coefficient (Wildman–Crippen LogP) is 4.29. The fourth-order valence-corrected chi connectivity index (χ4v) is 5.60. The Kier molecular flexibility index (Phi) is 6.96. The summed E-state index contributed by atoms with van der Waals surface area (Å²) in [5.41, 5.74) is 9.10. The number of likely N-dealkylation sites (tertiary alicyclic amines) is 1. The third kappa shape index (κ3) is 5.09. The van der Waals surface area contributed by atoms with Gasteiger partial charge in [-0.25, -0.2) is 13.8 Å². The number of hydrogen-bond donors (Lipinski definition) is 1. The molecule has 2 aliphatic heterocycles. The van der Waals surface area contributed by atoms with Crippen molar-refractivity contribution in [3.8, 4) is 0 Å². The highest BCUT2D eigenvalue weighted by molar-refractivity contribution is 6.08. The van der Waals surface area contributed by atoms with Gasteiger partial charge in [0.25, 0.3) is 5.91 Å². The zero-order valence-electron chi connectivity index (χ0n) is 20.1. The maximum Gasteiger partial charge on any atom is 0.257 e. The highest BCUT2D eigenvalue weighted by atomic mass is 19.1. The van der Waals surface area contributed by atoms with E-state index < -0.39 is 0 Å². The van der Waals surface area contributed by atoms with Crippen molar-refractivity contribution in [3.63, 3.8) is 0 Å². The van der Waals surface area contributed by atoms with Gasteiger partial charge in [0.05, 0.1) is 18.3 Å². The van der Waals surface area contributed by atoms with E-state index in [-0.39, 0.29) is 47.9 Å². The standard InChI is InChI=1S/C28H30F2N4O2/c29-22-8-4-18(5-9-22)16-21-2-1-3-24-26(21)32-34(27(24)19-6-10-23(30)11-7-19)25(35)17-33-14-12-20(13-15-33)28(31)36/h4-11,16,20,24,27H,1-3,12-15,17H2,(H2,31,36)/b21-16+. The number of primary amides is 1. The fraction of sp³-hybridized carbons (Fsp3) is 0.393. The quantitative estimate of drug-likeness (QED) is 0.677. The van der Waals surface area contributed by atoms with E-state index in [2.05, 4.69) is 0 Å². The van der Waals surface area contributed by atoms with E-state index in [0.29, 0.717) is 25.9 Å². The first-order chi connectivity index (χ1) is 17.4. The van der Waals surface area contributed by atoms with Crippen molar-refractivity contribution < 1.29 is 18.4 Å². The summed E-state index contributed by atoms with van der Waals surface area (Å²) in [4.78, 5) is 27.1. The van der Waals surface area contributed by atoms with Crippen LogP contribution in [-0.4, -0.2) is 47.1 Å². The van der Waals surface area contributed by atoms with Crippen LogP contribution in [0.15, 0.2) is 59.2 Å². The molecule has 0 radical (unpaired) electrons. The molecule has 0 spiro atoms. The van der Waals surface area contributed by atoms with Gasteiger partial charge in [-0.1, -0.05) is 24.3 Å². The molecule has 1 aliphatic carbocycles. The number of rotatable bonds is 5. The summed E-state index contributed by atoms with van der Waals surface area (Å²) in [6, 6.07) is 12.3. The van der Waals surface area contributed by atoms with Crippen molar-refractivity contribution in [2.45, 2.75) is 38.1 Å². The number of carbonyl (C=O) groups excluding carboxylic acids is 2. The molecule has 0 aromatic heterocycles. The fourth-order valence-electron chi connectivity index (χ4n) is 5.60. The zero-order chi connectivity index (χ0) is 25.2. The Bertz CT molecular complexity index is 1190. The maximum atomic E-state index is 13.7. The van der Waals surface area contributed by atoms with E-state index in [1.54, 1.807) is 29.3 Å². The van der Waals surface area contributed by atoms with Gasteiger partial charge in [-0.15, -0.1) is 0 Å². The van der Waals surface area contributed by atoms with Gasteiger partial charge in [0, 0.05) is 11.8 Å². The number of hydrazone groups is 1. The largest absolute Gasteiger partial charge is 0.369 e. The van der Waals surface area contributed by atoms with Crippen LogP contribution in [0, 0.1) is 23.5 Å². The third-order valence-corrected chi connectivity index (χ3v) is 7.53. The third-order valence-electron chi connectivity index (χ3n) is 7.53. The van der Waals surface area contributed by atoms with Crippen LogP contribution in [0.3, 0.4) is 0 Å². The second-order valence-electron chi connectivity index (χ2n) is 9.89. The van der Waals surface area contributed by atoms with Crippen molar-refractivity contribution in [3.05, 3.63) is 76.9 Å². The SMILES string of the molecule is NC(=O)C1CCN(CC(=O)N2N=C3/C(=C/c4ccc(F)cc4)CCCC3C2c2ccc(F)cc2)CC1. The molecule has 2 heterocycles. The number of piperidine rings is 1. The number of halogens is 2. The highest BCUT2D eigenvalue weighted by Crippen LogP contribution is 2.44. The lowest BCUT2D eigenvalue weighted by atomic mass is 9.77. The summed E-state index contributed by atoms with van der Waals surface area (Å²) < 4.78 is 27.1. The summed E-state index contributed by atoms with van der Waals surface area (Å²) in [7, 11) is 0. The molecule has 1 saturated carbocycles. The normalized spacial score (nSPS) is 24.0. The van der Waals surface area contributed by atoms with Crippen LogP contribution < -0.4 is 5.73 Å². The molecule has 2 atom stereocenters. The number of nitrogens with two attached hydrogens (primary N) is 1. The van der Waals surface area contributed by atoms with Crippen LogP contribution in [0.25, 0.3) is 6.08 Å². The second kappa shape index (κ2) is 10.3. The van der Waals surface area contributed by atoms with Gasteiger partial charge in [-0.2, -0.15) is 5.10 Å². The molecule has 2 amide bonds. The molecule has 1 saturated heterocycles. The van der Waals surface area contributed by atoms with Crippen LogP contribution in [0.4, 0.5) is 8.78 Å². The minimum atomic E-state index is -0.325. The van der Waals surface area contributed by atoms with E-state index in [4.69, 9.17) is 10.8 Å². The molecular weight excluding hydrogens is 462 g/mol. The van der Waals surface area contributed by atoms with Crippen LogP contribution in [-0.2, 0) is 9.59 Å². The summed E-state index contributed by atoms with van der Waals surface area (Å²) >= 11 is 0. The average molecular weight is 493 g/mol. The van der Waals surface area contributed by atoms with Crippen molar-refractivity contribution >= 4 is 23.6 Å². The number of allylic oxidation sites excluding steroid dienone is 1. The number of hydrogen-bond acceptors (Lipinski definition) is 4. The molecule has 3 aliphatic rings. The smallest absolute Gasteiger partial charge is 0.257 e. The molecule has 2 aromatic rings. The van der Waals surface area contributed by atoms with Crippen molar-refractivity contribution in [1.82, 2.24) is 9.91 Å². The minimum absolute atomic E-state index is 0.000424. The van der Waals surface area contributed by atoms with E-state index >= 15 is 0 Å². The van der Waals surface area contributed by atoms with Crippen LogP contribution in [0.2, 0.25) is 0 Å². The first kappa shape index (κ1) is 24.3. The van der Waals surface area contributed by atoms with Crippen molar-refractivity contribution in [2.24, 2.45) is 22.7 Å². The van der Waals surface area contributed by atoms with Crippen LogP contribution >= 0.6 is 0 Å². The van der Waals surface area contributed by atoms with Crippen LogP contribution in [0.1, 0.15) is 49.3 Å². The maximum absolute atomic E-state index is 13.7. The molecular formula is C28H30F2N4O2. The first-order valence-electron chi connectivity index (χ1n) is 12.5. The van der Waals surface area contributed by atoms with Gasteiger partial charge in [0.15, 0.2) is 0 Å². The van der Waals surface area contributed by atoms with Crippen molar-refractivity contribution in [2.75, 3.05) is 19.6 Å². The number of amides is 2. The summed E-state index contributed by atoms with van der Waals surface area (Å²) in [6.07, 6.45) is 5.95. The Hall–Kier alpha value is -3.39. The number of fused-ring (bicyclic) bond motifs is 1. The summed E-state index contributed by atoms with van der Waals surface area (Å²) in [5, 5.41) is 6.44. The molecule has 2 fully saturated rings. The summed E-state index contributed by atoms with van der Waals surface area (Å²) in [5.74, 6) is -1.16. The Morgan fingerprint density at radius 2 is 1.61 bits per heavy atom. The van der Waals surface area contributed by atoms with Gasteiger partial charge in [-0.3, -0.25) is 14.5 Å². The van der Waals surface area contributed by atoms with E-state index in [9.17, 15) is 18.4 Å². The lowest BCUT2D eigenvalue weighted by molar-refractivity contribution is -0.135. The van der Waals surface area contributed by atoms with Crippen molar-refractivity contribution in [1.29, 1.82) is 0 Å². The molecule has 5 rings (SSSR count). The molecule has 2 unspecified atom stereocenters. The van der Waals surface area contributed by atoms with Crippen LogP contribution in [0.5, 0.6) is 0 Å². The first-order valence-corrected chi connectivity index (χ1v) is 12.5. The number of benzene rings is 2. The number of nitrogens with zero attached hydrogens (tertiary/aromatic N) is 3. The molecule has 6 nitrogen and oxygen atoms in total. The molecule has 2 N–H and O–H groups in total. The monoisotopic (exact) mass is 492 g/mol. The van der Waals surface area contributed by atoms with Gasteiger partial charge in [0.2, 0.25) is 5.91 Å². The lowest BCUT2D eigenvalue weighted by Gasteiger charge is -2.33. The molecule has 0 bridgehead atoms.